The molecule has 2 aromatic rings. The van der Waals surface area contributed by atoms with Crippen LogP contribution in [0.2, 0.25) is 0 Å². The molecule has 2 heterocycles. The third-order valence-electron chi connectivity index (χ3n) is 2.97. The van der Waals surface area contributed by atoms with E-state index in [2.05, 4.69) is 5.10 Å². The highest BCUT2D eigenvalue weighted by Gasteiger charge is 2.17. The zero-order valence-electron chi connectivity index (χ0n) is 10.3. The van der Waals surface area contributed by atoms with E-state index in [1.165, 1.54) is 0 Å². The maximum atomic E-state index is 11.0. The maximum absolute atomic E-state index is 11.0. The zero-order chi connectivity index (χ0) is 13.4. The number of rotatable bonds is 3. The molecule has 0 unspecified atom stereocenters. The van der Waals surface area contributed by atoms with Crippen molar-refractivity contribution in [3.05, 3.63) is 35.7 Å². The second-order valence-electron chi connectivity index (χ2n) is 4.13. The van der Waals surface area contributed by atoms with E-state index in [9.17, 15) is 4.79 Å². The molecular weight excluding hydrogens is 248 g/mol. The number of carbonyl (C=O) groups is 1. The van der Waals surface area contributed by atoms with Gasteiger partial charge < -0.3 is 14.6 Å². The van der Waals surface area contributed by atoms with Crippen LogP contribution in [-0.2, 0) is 6.42 Å². The lowest BCUT2D eigenvalue weighted by Crippen LogP contribution is -2.03. The van der Waals surface area contributed by atoms with E-state index in [1.54, 1.807) is 22.9 Å². The van der Waals surface area contributed by atoms with Crippen molar-refractivity contribution < 1.29 is 19.4 Å². The summed E-state index contributed by atoms with van der Waals surface area (Å²) in [6.07, 6.45) is 0.689. The molecule has 0 saturated heterocycles. The monoisotopic (exact) mass is 260 g/mol. The minimum atomic E-state index is -1.03. The van der Waals surface area contributed by atoms with Crippen LogP contribution in [0.1, 0.15) is 23.1 Å². The molecule has 0 fully saturated rings. The number of aryl methyl sites for hydroxylation is 1. The van der Waals surface area contributed by atoms with Crippen molar-refractivity contribution in [3.8, 4) is 17.2 Å². The third kappa shape index (κ3) is 1.91. The summed E-state index contributed by atoms with van der Waals surface area (Å²) in [6, 6.07) is 6.98. The van der Waals surface area contributed by atoms with Crippen LogP contribution in [0.4, 0.5) is 0 Å². The Bertz CT molecular complexity index is 648. The Morgan fingerprint density at radius 2 is 2.16 bits per heavy atom. The van der Waals surface area contributed by atoms with Crippen molar-refractivity contribution in [2.24, 2.45) is 0 Å². The smallest absolute Gasteiger partial charge is 0.356 e. The van der Waals surface area contributed by atoms with E-state index in [1.807, 2.05) is 13.0 Å². The Kier molecular flexibility index (Phi) is 2.63. The summed E-state index contributed by atoms with van der Waals surface area (Å²) >= 11 is 0. The Morgan fingerprint density at radius 1 is 1.37 bits per heavy atom. The summed E-state index contributed by atoms with van der Waals surface area (Å²) in [5.74, 6) is 0.300. The molecule has 6 nitrogen and oxygen atoms in total. The van der Waals surface area contributed by atoms with E-state index in [-0.39, 0.29) is 12.5 Å². The lowest BCUT2D eigenvalue weighted by molar-refractivity contribution is 0.0690. The molecule has 1 aliphatic rings. The van der Waals surface area contributed by atoms with Gasteiger partial charge in [-0.3, -0.25) is 0 Å². The van der Waals surface area contributed by atoms with Gasteiger partial charge in [0.05, 0.1) is 5.69 Å². The van der Waals surface area contributed by atoms with Crippen LogP contribution < -0.4 is 9.47 Å². The van der Waals surface area contributed by atoms with Gasteiger partial charge in [-0.25, -0.2) is 9.48 Å². The molecule has 1 N–H and O–H groups in total. The fourth-order valence-electron chi connectivity index (χ4n) is 2.02. The predicted molar refractivity (Wildman–Crippen MR) is 66.0 cm³/mol. The van der Waals surface area contributed by atoms with Crippen LogP contribution in [0, 0.1) is 0 Å². The molecule has 19 heavy (non-hydrogen) atoms. The first-order valence-corrected chi connectivity index (χ1v) is 5.91. The highest BCUT2D eigenvalue weighted by Crippen LogP contribution is 2.33. The number of aromatic nitrogens is 2. The van der Waals surface area contributed by atoms with E-state index < -0.39 is 5.97 Å². The molecule has 0 atom stereocenters. The molecule has 0 amide bonds. The van der Waals surface area contributed by atoms with Gasteiger partial charge in [-0.2, -0.15) is 5.10 Å². The third-order valence-corrected chi connectivity index (χ3v) is 2.97. The average Bonchev–Trinajstić information content (AvgIpc) is 3.04. The molecule has 1 aromatic carbocycles. The first kappa shape index (κ1) is 11.6. The molecule has 0 bridgehead atoms. The SMILES string of the molecule is CCc1cc(C(=O)O)nn1-c1ccc2c(c1)OCO2. The molecule has 0 aliphatic carbocycles. The molecule has 0 radical (unpaired) electrons. The fraction of sp³-hybridized carbons (Fsp3) is 0.231. The van der Waals surface area contributed by atoms with Crippen LogP contribution in [0.15, 0.2) is 24.3 Å². The predicted octanol–water partition coefficient (Wildman–Crippen LogP) is 1.86. The Labute approximate surface area is 109 Å². The Hall–Kier alpha value is -2.50. The van der Waals surface area contributed by atoms with Crippen molar-refractivity contribution in [1.29, 1.82) is 0 Å². The summed E-state index contributed by atoms with van der Waals surface area (Å²) in [7, 11) is 0. The molecule has 0 saturated carbocycles. The second kappa shape index (κ2) is 4.31. The van der Waals surface area contributed by atoms with Crippen molar-refractivity contribution in [3.63, 3.8) is 0 Å². The van der Waals surface area contributed by atoms with Crippen molar-refractivity contribution in [2.75, 3.05) is 6.79 Å². The average molecular weight is 260 g/mol. The van der Waals surface area contributed by atoms with Crippen LogP contribution in [-0.4, -0.2) is 27.6 Å². The van der Waals surface area contributed by atoms with Crippen molar-refractivity contribution in [2.45, 2.75) is 13.3 Å². The summed E-state index contributed by atoms with van der Waals surface area (Å²) in [6.45, 7) is 2.16. The lowest BCUT2D eigenvalue weighted by Gasteiger charge is -2.06. The largest absolute Gasteiger partial charge is 0.476 e. The number of hydrogen-bond donors (Lipinski definition) is 1. The normalized spacial score (nSPS) is 12.7. The molecule has 1 aromatic heterocycles. The van der Waals surface area contributed by atoms with Crippen LogP contribution in [0.3, 0.4) is 0 Å². The minimum absolute atomic E-state index is 0.0366. The standard InChI is InChI=1S/C13H12N2O4/c1-2-8-5-10(13(16)17)14-15(8)9-3-4-11-12(6-9)19-7-18-11/h3-6H,2,7H2,1H3,(H,16,17). The van der Waals surface area contributed by atoms with E-state index >= 15 is 0 Å². The van der Waals surface area contributed by atoms with Gasteiger partial charge in [-0.15, -0.1) is 0 Å². The number of carboxylic acids is 1. The van der Waals surface area contributed by atoms with Gasteiger partial charge in [0.15, 0.2) is 17.2 Å². The summed E-state index contributed by atoms with van der Waals surface area (Å²) in [5.41, 5.74) is 1.62. The molecule has 6 heteroatoms. The first-order chi connectivity index (χ1) is 9.19. The molecular formula is C13H12N2O4. The van der Waals surface area contributed by atoms with Crippen LogP contribution in [0.25, 0.3) is 5.69 Å². The topological polar surface area (TPSA) is 73.6 Å². The molecule has 3 rings (SSSR count). The van der Waals surface area contributed by atoms with Crippen LogP contribution in [0.5, 0.6) is 11.5 Å². The van der Waals surface area contributed by atoms with E-state index in [0.717, 1.165) is 11.4 Å². The maximum Gasteiger partial charge on any atom is 0.356 e. The van der Waals surface area contributed by atoms with Crippen molar-refractivity contribution in [1.82, 2.24) is 9.78 Å². The Morgan fingerprint density at radius 3 is 2.89 bits per heavy atom. The highest BCUT2D eigenvalue weighted by molar-refractivity contribution is 5.85. The highest BCUT2D eigenvalue weighted by atomic mass is 16.7. The molecule has 98 valence electrons. The quantitative estimate of drug-likeness (QED) is 0.911. The summed E-state index contributed by atoms with van der Waals surface area (Å²) in [4.78, 5) is 11.0. The van der Waals surface area contributed by atoms with Gasteiger partial charge in [0.25, 0.3) is 0 Å². The zero-order valence-corrected chi connectivity index (χ0v) is 10.3. The van der Waals surface area contributed by atoms with Gasteiger partial charge in [-0.1, -0.05) is 6.92 Å². The minimum Gasteiger partial charge on any atom is -0.476 e. The number of benzene rings is 1. The number of aromatic carboxylic acids is 1. The fourth-order valence-corrected chi connectivity index (χ4v) is 2.02. The molecule has 0 spiro atoms. The van der Waals surface area contributed by atoms with Crippen LogP contribution >= 0.6 is 0 Å². The first-order valence-electron chi connectivity index (χ1n) is 5.91. The number of fused-ring (bicyclic) bond motifs is 1. The summed E-state index contributed by atoms with van der Waals surface area (Å²) in [5, 5.41) is 13.1. The number of nitrogens with zero attached hydrogens (tertiary/aromatic N) is 2. The van der Waals surface area contributed by atoms with Gasteiger partial charge in [0, 0.05) is 11.8 Å². The van der Waals surface area contributed by atoms with Gasteiger partial charge in [-0.05, 0) is 24.6 Å². The summed E-state index contributed by atoms with van der Waals surface area (Å²) < 4.78 is 12.2. The van der Waals surface area contributed by atoms with E-state index in [0.29, 0.717) is 17.9 Å². The number of carboxylic acid groups (broad SMARTS) is 1. The van der Waals surface area contributed by atoms with Gasteiger partial charge in [0.2, 0.25) is 6.79 Å². The van der Waals surface area contributed by atoms with Gasteiger partial charge >= 0.3 is 5.97 Å². The van der Waals surface area contributed by atoms with Crippen molar-refractivity contribution >= 4 is 5.97 Å². The number of hydrogen-bond acceptors (Lipinski definition) is 4. The van der Waals surface area contributed by atoms with Gasteiger partial charge in [0.1, 0.15) is 0 Å². The second-order valence-corrected chi connectivity index (χ2v) is 4.13. The molecule has 1 aliphatic heterocycles. The number of ether oxygens (including phenoxy) is 2. The van der Waals surface area contributed by atoms with E-state index in [4.69, 9.17) is 14.6 Å². The Balaban J connectivity index is 2.08. The lowest BCUT2D eigenvalue weighted by atomic mass is 10.2.